The number of benzene rings is 2. The average molecular weight is 327 g/mol. The van der Waals surface area contributed by atoms with Crippen LogP contribution in [0.5, 0.6) is 0 Å². The van der Waals surface area contributed by atoms with E-state index < -0.39 is 6.04 Å². The van der Waals surface area contributed by atoms with Crippen LogP contribution in [0.4, 0.5) is 8.78 Å². The molecule has 2 aromatic rings. The molecule has 3 N–H and O–H groups in total. The molecule has 5 heteroatoms. The number of halogens is 3. The molecule has 100 valence electrons. The van der Waals surface area contributed by atoms with Crippen molar-refractivity contribution in [2.45, 2.75) is 13.0 Å². The zero-order valence-electron chi connectivity index (χ0n) is 10.3. The molecule has 0 radical (unpaired) electrons. The van der Waals surface area contributed by atoms with Gasteiger partial charge in [0.25, 0.3) is 0 Å². The Balaban J connectivity index is 2.56. The first kappa shape index (κ1) is 14.1. The molecule has 1 unspecified atom stereocenters. The van der Waals surface area contributed by atoms with E-state index in [-0.39, 0.29) is 11.6 Å². The SMILES string of the molecule is Cc1cc(F)ccc1C(NN)c1c(F)cccc1Br. The molecule has 0 saturated carbocycles. The quantitative estimate of drug-likeness (QED) is 0.668. The van der Waals surface area contributed by atoms with E-state index in [1.807, 2.05) is 0 Å². The summed E-state index contributed by atoms with van der Waals surface area (Å²) in [5, 5.41) is 0. The van der Waals surface area contributed by atoms with Gasteiger partial charge in [0.1, 0.15) is 11.6 Å². The van der Waals surface area contributed by atoms with Gasteiger partial charge in [-0.3, -0.25) is 5.84 Å². The van der Waals surface area contributed by atoms with Crippen molar-refractivity contribution < 1.29 is 8.78 Å². The van der Waals surface area contributed by atoms with Crippen LogP contribution >= 0.6 is 15.9 Å². The molecule has 0 aliphatic carbocycles. The second kappa shape index (κ2) is 5.77. The predicted octanol–water partition coefficient (Wildman–Crippen LogP) is 3.59. The van der Waals surface area contributed by atoms with Crippen LogP contribution in [0.15, 0.2) is 40.9 Å². The van der Waals surface area contributed by atoms with Crippen LogP contribution in [0.25, 0.3) is 0 Å². The van der Waals surface area contributed by atoms with Gasteiger partial charge >= 0.3 is 0 Å². The van der Waals surface area contributed by atoms with E-state index in [0.29, 0.717) is 15.6 Å². The lowest BCUT2D eigenvalue weighted by Gasteiger charge is -2.21. The van der Waals surface area contributed by atoms with Crippen molar-refractivity contribution in [2.75, 3.05) is 0 Å². The molecule has 1 atom stereocenters. The summed E-state index contributed by atoms with van der Waals surface area (Å²) < 4.78 is 27.7. The van der Waals surface area contributed by atoms with Crippen molar-refractivity contribution in [1.82, 2.24) is 5.43 Å². The zero-order valence-corrected chi connectivity index (χ0v) is 11.8. The minimum Gasteiger partial charge on any atom is -0.271 e. The third kappa shape index (κ3) is 2.83. The Bertz CT molecular complexity index is 582. The van der Waals surface area contributed by atoms with Crippen LogP contribution in [0, 0.1) is 18.6 Å². The minimum absolute atomic E-state index is 0.329. The lowest BCUT2D eigenvalue weighted by atomic mass is 9.95. The number of aryl methyl sites for hydroxylation is 1. The molecular weight excluding hydrogens is 314 g/mol. The summed E-state index contributed by atoms with van der Waals surface area (Å²) in [4.78, 5) is 0. The molecule has 0 aliphatic rings. The summed E-state index contributed by atoms with van der Waals surface area (Å²) in [7, 11) is 0. The Hall–Kier alpha value is -1.30. The Morgan fingerprint density at radius 2 is 1.95 bits per heavy atom. The van der Waals surface area contributed by atoms with E-state index >= 15 is 0 Å². The molecule has 19 heavy (non-hydrogen) atoms. The van der Waals surface area contributed by atoms with E-state index in [1.165, 1.54) is 18.2 Å². The predicted molar refractivity (Wildman–Crippen MR) is 74.4 cm³/mol. The smallest absolute Gasteiger partial charge is 0.129 e. The highest BCUT2D eigenvalue weighted by Crippen LogP contribution is 2.32. The van der Waals surface area contributed by atoms with Crippen LogP contribution < -0.4 is 11.3 Å². The van der Waals surface area contributed by atoms with Gasteiger partial charge in [-0.05, 0) is 42.3 Å². The largest absolute Gasteiger partial charge is 0.271 e. The van der Waals surface area contributed by atoms with Crippen molar-refractivity contribution in [1.29, 1.82) is 0 Å². The monoisotopic (exact) mass is 326 g/mol. The molecule has 0 amide bonds. The number of nitrogens with two attached hydrogens (primary N) is 1. The number of hydrogen-bond donors (Lipinski definition) is 2. The summed E-state index contributed by atoms with van der Waals surface area (Å²) in [5.41, 5.74) is 4.42. The van der Waals surface area contributed by atoms with Crippen molar-refractivity contribution in [2.24, 2.45) is 5.84 Å². The molecule has 0 bridgehead atoms. The van der Waals surface area contributed by atoms with Crippen LogP contribution in [0.2, 0.25) is 0 Å². The van der Waals surface area contributed by atoms with E-state index in [0.717, 1.165) is 5.56 Å². The first-order valence-corrected chi connectivity index (χ1v) is 6.50. The van der Waals surface area contributed by atoms with Gasteiger partial charge in [-0.25, -0.2) is 14.2 Å². The van der Waals surface area contributed by atoms with Crippen molar-refractivity contribution in [3.8, 4) is 0 Å². The van der Waals surface area contributed by atoms with Crippen LogP contribution in [-0.4, -0.2) is 0 Å². The molecular formula is C14H13BrF2N2. The second-order valence-corrected chi connectivity index (χ2v) is 5.09. The summed E-state index contributed by atoms with van der Waals surface area (Å²) in [6, 6.07) is 8.50. The third-order valence-electron chi connectivity index (χ3n) is 3.00. The van der Waals surface area contributed by atoms with Crippen molar-refractivity contribution in [3.05, 3.63) is 69.2 Å². The lowest BCUT2D eigenvalue weighted by molar-refractivity contribution is 0.555. The van der Waals surface area contributed by atoms with Crippen molar-refractivity contribution in [3.63, 3.8) is 0 Å². The summed E-state index contributed by atoms with van der Waals surface area (Å²) >= 11 is 3.32. The fourth-order valence-corrected chi connectivity index (χ4v) is 2.65. The topological polar surface area (TPSA) is 38.0 Å². The Morgan fingerprint density at radius 1 is 1.21 bits per heavy atom. The maximum Gasteiger partial charge on any atom is 0.129 e. The molecule has 0 fully saturated rings. The molecule has 2 rings (SSSR count). The molecule has 0 aliphatic heterocycles. The van der Waals surface area contributed by atoms with Gasteiger partial charge in [0.2, 0.25) is 0 Å². The zero-order chi connectivity index (χ0) is 14.0. The van der Waals surface area contributed by atoms with Crippen molar-refractivity contribution >= 4 is 15.9 Å². The second-order valence-electron chi connectivity index (χ2n) is 4.24. The Kier molecular flexibility index (Phi) is 4.29. The van der Waals surface area contributed by atoms with Gasteiger partial charge in [-0.1, -0.05) is 28.1 Å². The summed E-state index contributed by atoms with van der Waals surface area (Å²) in [6.07, 6.45) is 0. The number of hydrogen-bond acceptors (Lipinski definition) is 2. The standard InChI is InChI=1S/C14H13BrF2N2/c1-8-7-9(16)5-6-10(8)14(19-18)13-11(15)3-2-4-12(13)17/h2-7,14,19H,18H2,1H3. The lowest BCUT2D eigenvalue weighted by Crippen LogP contribution is -2.30. The molecule has 0 saturated heterocycles. The van der Waals surface area contributed by atoms with Crippen LogP contribution in [0.3, 0.4) is 0 Å². The van der Waals surface area contributed by atoms with E-state index in [2.05, 4.69) is 21.4 Å². The van der Waals surface area contributed by atoms with E-state index in [4.69, 9.17) is 5.84 Å². The van der Waals surface area contributed by atoms with Crippen LogP contribution in [0.1, 0.15) is 22.7 Å². The first-order valence-electron chi connectivity index (χ1n) is 5.70. The van der Waals surface area contributed by atoms with Gasteiger partial charge in [0, 0.05) is 10.0 Å². The first-order chi connectivity index (χ1) is 9.04. The maximum atomic E-state index is 14.0. The third-order valence-corrected chi connectivity index (χ3v) is 3.69. The molecule has 0 aromatic heterocycles. The van der Waals surface area contributed by atoms with Gasteiger partial charge in [0.15, 0.2) is 0 Å². The number of nitrogens with one attached hydrogen (secondary N) is 1. The summed E-state index contributed by atoms with van der Waals surface area (Å²) in [5.74, 6) is 4.85. The van der Waals surface area contributed by atoms with E-state index in [1.54, 1.807) is 25.1 Å². The molecule has 0 heterocycles. The Morgan fingerprint density at radius 3 is 2.53 bits per heavy atom. The number of rotatable bonds is 3. The maximum absolute atomic E-state index is 14.0. The normalized spacial score (nSPS) is 12.5. The fraction of sp³-hybridized carbons (Fsp3) is 0.143. The average Bonchev–Trinajstić information content (AvgIpc) is 2.35. The fourth-order valence-electron chi connectivity index (χ4n) is 2.08. The highest BCUT2D eigenvalue weighted by atomic mass is 79.9. The highest BCUT2D eigenvalue weighted by molar-refractivity contribution is 9.10. The van der Waals surface area contributed by atoms with Crippen LogP contribution in [-0.2, 0) is 0 Å². The highest BCUT2D eigenvalue weighted by Gasteiger charge is 2.21. The van der Waals surface area contributed by atoms with Gasteiger partial charge in [0.05, 0.1) is 6.04 Å². The summed E-state index contributed by atoms with van der Waals surface area (Å²) in [6.45, 7) is 1.76. The minimum atomic E-state index is -0.545. The molecule has 0 spiro atoms. The molecule has 2 aromatic carbocycles. The van der Waals surface area contributed by atoms with Gasteiger partial charge in [-0.2, -0.15) is 0 Å². The Labute approximate surface area is 118 Å². The van der Waals surface area contributed by atoms with E-state index in [9.17, 15) is 8.78 Å². The molecule has 2 nitrogen and oxygen atoms in total. The van der Waals surface area contributed by atoms with Gasteiger partial charge < -0.3 is 0 Å². The number of hydrazine groups is 1. The van der Waals surface area contributed by atoms with Gasteiger partial charge in [-0.15, -0.1) is 0 Å².